The Morgan fingerprint density at radius 1 is 1.32 bits per heavy atom. The average Bonchev–Trinajstić information content (AvgIpc) is 2.38. The molecule has 19 heavy (non-hydrogen) atoms. The first-order chi connectivity index (χ1) is 8.98. The van der Waals surface area contributed by atoms with Crippen LogP contribution in [0.2, 0.25) is 0 Å². The van der Waals surface area contributed by atoms with E-state index in [1.54, 1.807) is 0 Å². The Bertz CT molecular complexity index is 392. The van der Waals surface area contributed by atoms with Gasteiger partial charge in [0.1, 0.15) is 0 Å². The van der Waals surface area contributed by atoms with Crippen molar-refractivity contribution in [1.82, 2.24) is 10.6 Å². The maximum absolute atomic E-state index is 11.6. The van der Waals surface area contributed by atoms with Gasteiger partial charge < -0.3 is 15.7 Å². The van der Waals surface area contributed by atoms with Crippen LogP contribution in [0, 0.1) is 0 Å². The summed E-state index contributed by atoms with van der Waals surface area (Å²) in [6, 6.07) is 9.92. The molecule has 1 rings (SSSR count). The summed E-state index contributed by atoms with van der Waals surface area (Å²) in [6.07, 6.45) is 0.403. The molecule has 0 aliphatic carbocycles. The van der Waals surface area contributed by atoms with Gasteiger partial charge in [-0.1, -0.05) is 30.3 Å². The van der Waals surface area contributed by atoms with Crippen molar-refractivity contribution in [3.8, 4) is 0 Å². The van der Waals surface area contributed by atoms with Crippen LogP contribution in [-0.4, -0.2) is 30.2 Å². The monoisotopic (exact) mass is 264 g/mol. The molecule has 4 heteroatoms. The number of nitrogens with one attached hydrogen (secondary N) is 2. The molecule has 0 radical (unpaired) electrons. The minimum Gasteiger partial charge on any atom is -0.394 e. The van der Waals surface area contributed by atoms with Gasteiger partial charge in [0.15, 0.2) is 0 Å². The van der Waals surface area contributed by atoms with Gasteiger partial charge in [-0.3, -0.25) is 4.79 Å². The molecule has 3 N–H and O–H groups in total. The molecule has 0 spiro atoms. The summed E-state index contributed by atoms with van der Waals surface area (Å²) in [5.41, 5.74) is 0.501. The third-order valence-electron chi connectivity index (χ3n) is 3.04. The Morgan fingerprint density at radius 3 is 2.47 bits per heavy atom. The van der Waals surface area contributed by atoms with Crippen LogP contribution < -0.4 is 10.6 Å². The summed E-state index contributed by atoms with van der Waals surface area (Å²) < 4.78 is 0. The molecule has 1 unspecified atom stereocenters. The van der Waals surface area contributed by atoms with E-state index in [-0.39, 0.29) is 18.6 Å². The van der Waals surface area contributed by atoms with Gasteiger partial charge in [-0.05, 0) is 26.3 Å². The zero-order valence-corrected chi connectivity index (χ0v) is 11.9. The number of aliphatic hydroxyl groups excluding tert-OH is 1. The van der Waals surface area contributed by atoms with Crippen molar-refractivity contribution in [2.75, 3.05) is 13.2 Å². The molecule has 0 aliphatic heterocycles. The highest BCUT2D eigenvalue weighted by Crippen LogP contribution is 2.19. The Hall–Kier alpha value is -1.39. The third kappa shape index (κ3) is 5.01. The van der Waals surface area contributed by atoms with E-state index >= 15 is 0 Å². The molecular formula is C15H24N2O2. The molecule has 4 nitrogen and oxygen atoms in total. The molecule has 1 amide bonds. The van der Waals surface area contributed by atoms with Gasteiger partial charge in [0.25, 0.3) is 0 Å². The number of carbonyl (C=O) groups excluding carboxylic acids is 1. The smallest absolute Gasteiger partial charge is 0.221 e. The van der Waals surface area contributed by atoms with Crippen LogP contribution in [0.25, 0.3) is 0 Å². The second-order valence-corrected chi connectivity index (χ2v) is 5.26. The third-order valence-corrected chi connectivity index (χ3v) is 3.04. The number of carbonyl (C=O) groups is 1. The van der Waals surface area contributed by atoms with E-state index < -0.39 is 5.54 Å². The number of hydrogen-bond donors (Lipinski definition) is 3. The van der Waals surface area contributed by atoms with Gasteiger partial charge in [0, 0.05) is 19.0 Å². The fourth-order valence-electron chi connectivity index (χ4n) is 1.90. The zero-order valence-electron chi connectivity index (χ0n) is 11.9. The van der Waals surface area contributed by atoms with E-state index in [9.17, 15) is 9.90 Å². The summed E-state index contributed by atoms with van der Waals surface area (Å²) in [6.45, 7) is 6.33. The molecule has 0 saturated carbocycles. The summed E-state index contributed by atoms with van der Waals surface area (Å²) in [4.78, 5) is 11.6. The van der Waals surface area contributed by atoms with Gasteiger partial charge in [0.2, 0.25) is 5.91 Å². The molecule has 0 heterocycles. The lowest BCUT2D eigenvalue weighted by Crippen LogP contribution is -2.44. The molecule has 106 valence electrons. The van der Waals surface area contributed by atoms with Gasteiger partial charge >= 0.3 is 0 Å². The molecule has 0 fully saturated rings. The fraction of sp³-hybridized carbons (Fsp3) is 0.533. The lowest BCUT2D eigenvalue weighted by atomic mass is 9.93. The number of hydrogen-bond acceptors (Lipinski definition) is 3. The zero-order chi connectivity index (χ0) is 14.3. The average molecular weight is 264 g/mol. The topological polar surface area (TPSA) is 61.4 Å². The SMILES string of the molecule is CC(C)NC(=O)CCNC(C)(CO)c1ccccc1. The molecule has 1 atom stereocenters. The van der Waals surface area contributed by atoms with Crippen LogP contribution in [0.5, 0.6) is 0 Å². The largest absolute Gasteiger partial charge is 0.394 e. The Balaban J connectivity index is 2.51. The molecule has 0 aromatic heterocycles. The van der Waals surface area contributed by atoms with E-state index in [4.69, 9.17) is 0 Å². The first-order valence-electron chi connectivity index (χ1n) is 6.69. The van der Waals surface area contributed by atoms with Crippen LogP contribution in [-0.2, 0) is 10.3 Å². The highest BCUT2D eigenvalue weighted by molar-refractivity contribution is 5.76. The van der Waals surface area contributed by atoms with E-state index in [1.807, 2.05) is 51.1 Å². The normalized spacial score (nSPS) is 14.2. The van der Waals surface area contributed by atoms with Crippen molar-refractivity contribution in [3.05, 3.63) is 35.9 Å². The van der Waals surface area contributed by atoms with Crippen molar-refractivity contribution in [2.24, 2.45) is 0 Å². The van der Waals surface area contributed by atoms with E-state index in [2.05, 4.69) is 10.6 Å². The lowest BCUT2D eigenvalue weighted by molar-refractivity contribution is -0.121. The summed E-state index contributed by atoms with van der Waals surface area (Å²) in [5, 5.41) is 15.7. The molecule has 1 aromatic rings. The Morgan fingerprint density at radius 2 is 1.95 bits per heavy atom. The predicted molar refractivity (Wildman–Crippen MR) is 76.8 cm³/mol. The van der Waals surface area contributed by atoms with Crippen molar-refractivity contribution in [2.45, 2.75) is 38.8 Å². The fourth-order valence-corrected chi connectivity index (χ4v) is 1.90. The lowest BCUT2D eigenvalue weighted by Gasteiger charge is -2.29. The molecule has 0 aliphatic rings. The first-order valence-corrected chi connectivity index (χ1v) is 6.69. The molecular weight excluding hydrogens is 240 g/mol. The predicted octanol–water partition coefficient (Wildman–Crippen LogP) is 1.40. The van der Waals surface area contributed by atoms with Crippen molar-refractivity contribution in [1.29, 1.82) is 0 Å². The van der Waals surface area contributed by atoms with Crippen molar-refractivity contribution < 1.29 is 9.90 Å². The minimum atomic E-state index is -0.515. The Labute approximate surface area is 115 Å². The van der Waals surface area contributed by atoms with Crippen molar-refractivity contribution in [3.63, 3.8) is 0 Å². The summed E-state index contributed by atoms with van der Waals surface area (Å²) in [5.74, 6) is 0.0239. The quantitative estimate of drug-likeness (QED) is 0.697. The van der Waals surface area contributed by atoms with Gasteiger partial charge in [-0.25, -0.2) is 0 Å². The summed E-state index contributed by atoms with van der Waals surface area (Å²) >= 11 is 0. The number of benzene rings is 1. The van der Waals surface area contributed by atoms with Crippen LogP contribution in [0.1, 0.15) is 32.8 Å². The van der Waals surface area contributed by atoms with Crippen molar-refractivity contribution >= 4 is 5.91 Å². The van der Waals surface area contributed by atoms with E-state index in [1.165, 1.54) is 0 Å². The summed E-state index contributed by atoms with van der Waals surface area (Å²) in [7, 11) is 0. The van der Waals surface area contributed by atoms with Gasteiger partial charge in [-0.2, -0.15) is 0 Å². The van der Waals surface area contributed by atoms with Crippen LogP contribution >= 0.6 is 0 Å². The first kappa shape index (κ1) is 15.7. The van der Waals surface area contributed by atoms with E-state index in [0.717, 1.165) is 5.56 Å². The Kier molecular flexibility index (Phi) is 5.99. The van der Waals surface area contributed by atoms with Gasteiger partial charge in [-0.15, -0.1) is 0 Å². The highest BCUT2D eigenvalue weighted by atomic mass is 16.3. The number of amides is 1. The second kappa shape index (κ2) is 7.26. The van der Waals surface area contributed by atoms with Crippen LogP contribution in [0.4, 0.5) is 0 Å². The number of aliphatic hydroxyl groups is 1. The standard InChI is InChI=1S/C15H24N2O2/c1-12(2)17-14(19)9-10-16-15(3,11-18)13-7-5-4-6-8-13/h4-8,12,16,18H,9-11H2,1-3H3,(H,17,19). The highest BCUT2D eigenvalue weighted by Gasteiger charge is 2.24. The number of rotatable bonds is 7. The second-order valence-electron chi connectivity index (χ2n) is 5.26. The van der Waals surface area contributed by atoms with Crippen LogP contribution in [0.15, 0.2) is 30.3 Å². The molecule has 0 saturated heterocycles. The minimum absolute atomic E-state index is 0.0111. The van der Waals surface area contributed by atoms with Gasteiger partial charge in [0.05, 0.1) is 12.1 Å². The molecule has 0 bridgehead atoms. The maximum atomic E-state index is 11.6. The van der Waals surface area contributed by atoms with E-state index in [0.29, 0.717) is 13.0 Å². The van der Waals surface area contributed by atoms with Crippen LogP contribution in [0.3, 0.4) is 0 Å². The maximum Gasteiger partial charge on any atom is 0.221 e. The molecule has 1 aromatic carbocycles.